The van der Waals surface area contributed by atoms with E-state index in [1.165, 1.54) is 0 Å². The predicted molar refractivity (Wildman–Crippen MR) is 47.9 cm³/mol. The molecule has 0 aliphatic carbocycles. The zero-order valence-electron chi connectivity index (χ0n) is 6.91. The van der Waals surface area contributed by atoms with Gasteiger partial charge in [-0.3, -0.25) is 0 Å². The van der Waals surface area contributed by atoms with E-state index in [-0.39, 0.29) is 0 Å². The second-order valence-corrected chi connectivity index (χ2v) is 2.30. The first-order chi connectivity index (χ1) is 5.09. The van der Waals surface area contributed by atoms with E-state index in [1.807, 2.05) is 13.0 Å². The van der Waals surface area contributed by atoms with Gasteiger partial charge < -0.3 is 10.0 Å². The van der Waals surface area contributed by atoms with Crippen LogP contribution in [-0.4, -0.2) is 17.2 Å². The lowest BCUT2D eigenvalue weighted by atomic mass is 9.75. The number of allylic oxidation sites excluding steroid dienone is 5. The maximum atomic E-state index is 8.80. The van der Waals surface area contributed by atoms with Crippen LogP contribution in [0, 0.1) is 0 Å². The zero-order chi connectivity index (χ0) is 8.85. The molecule has 0 aromatic heterocycles. The molecule has 0 fully saturated rings. The van der Waals surface area contributed by atoms with Crippen LogP contribution in [0.4, 0.5) is 0 Å². The Hall–Kier alpha value is -0.795. The van der Waals surface area contributed by atoms with Gasteiger partial charge in [-0.1, -0.05) is 30.4 Å². The van der Waals surface area contributed by atoms with Gasteiger partial charge in [0.2, 0.25) is 0 Å². The van der Waals surface area contributed by atoms with Crippen LogP contribution < -0.4 is 0 Å². The standard InChI is InChI=1S/C8H13BO2/c1-4-5-6-8(7(2)3)9(10)11/h4-6,10-11H,2H2,1,3H3/b5-4-,8-6+. The Balaban J connectivity index is 4.46. The van der Waals surface area contributed by atoms with E-state index in [9.17, 15) is 0 Å². The summed E-state index contributed by atoms with van der Waals surface area (Å²) in [6.07, 6.45) is 5.18. The van der Waals surface area contributed by atoms with Crippen LogP contribution in [0.5, 0.6) is 0 Å². The largest absolute Gasteiger partial charge is 0.488 e. The van der Waals surface area contributed by atoms with E-state index in [0.717, 1.165) is 0 Å². The topological polar surface area (TPSA) is 40.5 Å². The highest BCUT2D eigenvalue weighted by Crippen LogP contribution is 2.07. The fourth-order valence-corrected chi connectivity index (χ4v) is 0.649. The van der Waals surface area contributed by atoms with Crippen LogP contribution in [0.25, 0.3) is 0 Å². The Morgan fingerprint density at radius 2 is 2.00 bits per heavy atom. The highest BCUT2D eigenvalue weighted by Gasteiger charge is 2.13. The molecule has 0 spiro atoms. The number of hydrogen-bond acceptors (Lipinski definition) is 2. The molecule has 0 radical (unpaired) electrons. The Morgan fingerprint density at radius 3 is 2.27 bits per heavy atom. The van der Waals surface area contributed by atoms with E-state index in [1.54, 1.807) is 19.1 Å². The molecule has 0 heterocycles. The third-order valence-electron chi connectivity index (χ3n) is 1.24. The first-order valence-electron chi connectivity index (χ1n) is 3.44. The summed E-state index contributed by atoms with van der Waals surface area (Å²) < 4.78 is 0. The van der Waals surface area contributed by atoms with E-state index in [0.29, 0.717) is 11.0 Å². The summed E-state index contributed by atoms with van der Waals surface area (Å²) in [5, 5.41) is 17.6. The van der Waals surface area contributed by atoms with Crippen molar-refractivity contribution in [3.8, 4) is 0 Å². The van der Waals surface area contributed by atoms with Gasteiger partial charge in [-0.25, -0.2) is 0 Å². The highest BCUT2D eigenvalue weighted by molar-refractivity contribution is 6.52. The maximum absolute atomic E-state index is 8.80. The molecule has 0 bridgehead atoms. The quantitative estimate of drug-likeness (QED) is 0.469. The van der Waals surface area contributed by atoms with Crippen molar-refractivity contribution in [2.24, 2.45) is 0 Å². The van der Waals surface area contributed by atoms with Crippen LogP contribution >= 0.6 is 0 Å². The van der Waals surface area contributed by atoms with Gasteiger partial charge in [-0.2, -0.15) is 0 Å². The van der Waals surface area contributed by atoms with Crippen molar-refractivity contribution in [2.45, 2.75) is 13.8 Å². The minimum absolute atomic E-state index is 0.447. The summed E-state index contributed by atoms with van der Waals surface area (Å²) in [4.78, 5) is 0. The SMILES string of the molecule is C=C(C)/C(=C\C=C/C)B(O)O. The van der Waals surface area contributed by atoms with Crippen molar-refractivity contribution >= 4 is 7.12 Å². The molecule has 0 aromatic rings. The van der Waals surface area contributed by atoms with Gasteiger partial charge in [-0.05, 0) is 19.3 Å². The molecular formula is C8H13BO2. The molecule has 3 heteroatoms. The van der Waals surface area contributed by atoms with Gasteiger partial charge in [0, 0.05) is 0 Å². The van der Waals surface area contributed by atoms with Gasteiger partial charge in [0.25, 0.3) is 0 Å². The first-order valence-corrected chi connectivity index (χ1v) is 3.44. The molecular weight excluding hydrogens is 139 g/mol. The monoisotopic (exact) mass is 152 g/mol. The van der Waals surface area contributed by atoms with Crippen molar-refractivity contribution in [3.63, 3.8) is 0 Å². The molecule has 0 atom stereocenters. The fourth-order valence-electron chi connectivity index (χ4n) is 0.649. The summed E-state index contributed by atoms with van der Waals surface area (Å²) in [6, 6.07) is 0. The molecule has 0 saturated carbocycles. The van der Waals surface area contributed by atoms with Crippen LogP contribution in [0.1, 0.15) is 13.8 Å². The molecule has 11 heavy (non-hydrogen) atoms. The Morgan fingerprint density at radius 1 is 1.45 bits per heavy atom. The summed E-state index contributed by atoms with van der Waals surface area (Å²) in [7, 11) is -1.43. The average Bonchev–Trinajstić information content (AvgIpc) is 1.87. The molecule has 0 saturated heterocycles. The molecule has 0 aliphatic heterocycles. The lowest BCUT2D eigenvalue weighted by Crippen LogP contribution is -2.15. The maximum Gasteiger partial charge on any atom is 0.488 e. The van der Waals surface area contributed by atoms with Gasteiger partial charge >= 0.3 is 7.12 Å². The van der Waals surface area contributed by atoms with E-state index >= 15 is 0 Å². The zero-order valence-corrected chi connectivity index (χ0v) is 6.91. The molecule has 2 N–H and O–H groups in total. The van der Waals surface area contributed by atoms with E-state index < -0.39 is 7.12 Å². The van der Waals surface area contributed by atoms with Crippen LogP contribution in [-0.2, 0) is 0 Å². The van der Waals surface area contributed by atoms with Crippen LogP contribution in [0.3, 0.4) is 0 Å². The minimum Gasteiger partial charge on any atom is -0.423 e. The highest BCUT2D eigenvalue weighted by atomic mass is 16.4. The predicted octanol–water partition coefficient (Wildman–Crippen LogP) is 1.08. The van der Waals surface area contributed by atoms with Crippen molar-refractivity contribution in [2.75, 3.05) is 0 Å². The van der Waals surface area contributed by atoms with Gasteiger partial charge in [-0.15, -0.1) is 0 Å². The summed E-state index contributed by atoms with van der Waals surface area (Å²) >= 11 is 0. The van der Waals surface area contributed by atoms with Crippen molar-refractivity contribution in [1.82, 2.24) is 0 Å². The Bertz CT molecular complexity index is 192. The Labute approximate surface area is 67.7 Å². The van der Waals surface area contributed by atoms with Crippen molar-refractivity contribution in [3.05, 3.63) is 35.9 Å². The molecule has 60 valence electrons. The lowest BCUT2D eigenvalue weighted by Gasteiger charge is -2.02. The second-order valence-electron chi connectivity index (χ2n) is 2.30. The molecule has 0 rings (SSSR count). The summed E-state index contributed by atoms with van der Waals surface area (Å²) in [5.74, 6) is 0. The van der Waals surface area contributed by atoms with Crippen molar-refractivity contribution < 1.29 is 10.0 Å². The molecule has 0 unspecified atom stereocenters. The Kier molecular flexibility index (Phi) is 4.58. The molecule has 2 nitrogen and oxygen atoms in total. The second kappa shape index (κ2) is 4.94. The molecule has 0 aliphatic rings. The lowest BCUT2D eigenvalue weighted by molar-refractivity contribution is 0.420. The third kappa shape index (κ3) is 3.81. The van der Waals surface area contributed by atoms with Gasteiger partial charge in [0.15, 0.2) is 0 Å². The number of rotatable bonds is 3. The summed E-state index contributed by atoms with van der Waals surface area (Å²) in [5.41, 5.74) is 1.11. The molecule has 0 aromatic carbocycles. The fraction of sp³-hybridized carbons (Fsp3) is 0.250. The van der Waals surface area contributed by atoms with E-state index in [4.69, 9.17) is 10.0 Å². The van der Waals surface area contributed by atoms with Crippen LogP contribution in [0.15, 0.2) is 35.9 Å². The smallest absolute Gasteiger partial charge is 0.423 e. The third-order valence-corrected chi connectivity index (χ3v) is 1.24. The van der Waals surface area contributed by atoms with Crippen molar-refractivity contribution in [1.29, 1.82) is 0 Å². The summed E-state index contributed by atoms with van der Waals surface area (Å²) in [6.45, 7) is 7.20. The van der Waals surface area contributed by atoms with Gasteiger partial charge in [0.1, 0.15) is 0 Å². The average molecular weight is 152 g/mol. The first kappa shape index (κ1) is 10.2. The van der Waals surface area contributed by atoms with E-state index in [2.05, 4.69) is 6.58 Å². The molecule has 0 amide bonds. The number of hydrogen-bond donors (Lipinski definition) is 2. The normalized spacial score (nSPS) is 12.2. The van der Waals surface area contributed by atoms with Crippen LogP contribution in [0.2, 0.25) is 0 Å². The van der Waals surface area contributed by atoms with Gasteiger partial charge in [0.05, 0.1) is 0 Å². The minimum atomic E-state index is -1.43.